The lowest BCUT2D eigenvalue weighted by Crippen LogP contribution is -2.00. The first kappa shape index (κ1) is 6.22. The molecule has 0 fully saturated rings. The fourth-order valence-corrected chi connectivity index (χ4v) is 1.08. The summed E-state index contributed by atoms with van der Waals surface area (Å²) in [5, 5.41) is 7.17. The van der Waals surface area contributed by atoms with E-state index in [1.54, 1.807) is 0 Å². The van der Waals surface area contributed by atoms with E-state index in [0.29, 0.717) is 0 Å². The molecular formula is C8H6N2O. The fourth-order valence-electron chi connectivity index (χ4n) is 1.08. The Labute approximate surface area is 63.8 Å². The Morgan fingerprint density at radius 3 is 3.18 bits per heavy atom. The van der Waals surface area contributed by atoms with Crippen LogP contribution in [-0.4, -0.2) is 5.91 Å². The van der Waals surface area contributed by atoms with Gasteiger partial charge >= 0.3 is 0 Å². The van der Waals surface area contributed by atoms with E-state index in [1.165, 1.54) is 6.08 Å². The van der Waals surface area contributed by atoms with Gasteiger partial charge in [0.2, 0.25) is 0 Å². The largest absolute Gasteiger partial charge is 0.288 e. The van der Waals surface area contributed by atoms with E-state index in [0.717, 1.165) is 17.7 Å². The lowest BCUT2D eigenvalue weighted by molar-refractivity contribution is -0.114. The summed E-state index contributed by atoms with van der Waals surface area (Å²) in [5.74, 6) is -0.257. The quantitative estimate of drug-likeness (QED) is 0.513. The molecule has 0 bridgehead atoms. The van der Waals surface area contributed by atoms with Crippen LogP contribution < -0.4 is 0 Å². The molecule has 0 aromatic carbocycles. The van der Waals surface area contributed by atoms with Gasteiger partial charge in [-0.2, -0.15) is 0 Å². The van der Waals surface area contributed by atoms with E-state index >= 15 is 0 Å². The molecule has 0 unspecified atom stereocenters. The summed E-state index contributed by atoms with van der Waals surface area (Å²) in [6.07, 6.45) is 8.08. The maximum Gasteiger partial charge on any atom is 0.288 e. The van der Waals surface area contributed by atoms with Crippen molar-refractivity contribution in [2.75, 3.05) is 0 Å². The Hall–Kier alpha value is -1.51. The zero-order valence-corrected chi connectivity index (χ0v) is 5.82. The number of carbonyl (C=O) groups excluding carboxylic acids is 1. The summed E-state index contributed by atoms with van der Waals surface area (Å²) in [5.41, 5.74) is 1.78. The average molecular weight is 146 g/mol. The lowest BCUT2D eigenvalue weighted by atomic mass is 10.0. The molecule has 11 heavy (non-hydrogen) atoms. The summed E-state index contributed by atoms with van der Waals surface area (Å²) in [7, 11) is 0. The van der Waals surface area contributed by atoms with Gasteiger partial charge in [0.1, 0.15) is 0 Å². The molecule has 0 spiro atoms. The molecule has 0 aromatic rings. The SMILES string of the molecule is O=C1C=C2CC=CC=C2N=N1. The number of carbonyl (C=O) groups is 1. The van der Waals surface area contributed by atoms with Gasteiger partial charge in [-0.3, -0.25) is 4.79 Å². The maximum absolute atomic E-state index is 10.7. The normalized spacial score (nSPS) is 20.9. The summed E-state index contributed by atoms with van der Waals surface area (Å²) >= 11 is 0. The Balaban J connectivity index is 2.44. The molecular weight excluding hydrogens is 140 g/mol. The molecule has 0 saturated carbocycles. The monoisotopic (exact) mass is 146 g/mol. The highest BCUT2D eigenvalue weighted by atomic mass is 16.1. The molecule has 3 nitrogen and oxygen atoms in total. The first-order valence-corrected chi connectivity index (χ1v) is 3.40. The smallest absolute Gasteiger partial charge is 0.266 e. The van der Waals surface area contributed by atoms with E-state index in [9.17, 15) is 4.79 Å². The van der Waals surface area contributed by atoms with E-state index in [1.807, 2.05) is 18.2 Å². The van der Waals surface area contributed by atoms with Gasteiger partial charge in [0.15, 0.2) is 0 Å². The fraction of sp³-hybridized carbons (Fsp3) is 0.125. The molecule has 0 aromatic heterocycles. The Kier molecular flexibility index (Phi) is 1.28. The topological polar surface area (TPSA) is 41.8 Å². The summed E-state index contributed by atoms with van der Waals surface area (Å²) in [4.78, 5) is 10.7. The van der Waals surface area contributed by atoms with Crippen molar-refractivity contribution < 1.29 is 4.79 Å². The van der Waals surface area contributed by atoms with Gasteiger partial charge in [0, 0.05) is 6.08 Å². The van der Waals surface area contributed by atoms with Crippen molar-refractivity contribution in [3.05, 3.63) is 35.6 Å². The molecule has 0 atom stereocenters. The van der Waals surface area contributed by atoms with Crippen molar-refractivity contribution in [3.63, 3.8) is 0 Å². The predicted molar refractivity (Wildman–Crippen MR) is 39.8 cm³/mol. The maximum atomic E-state index is 10.7. The Morgan fingerprint density at radius 1 is 1.36 bits per heavy atom. The van der Waals surface area contributed by atoms with Crippen LogP contribution in [0.2, 0.25) is 0 Å². The van der Waals surface area contributed by atoms with E-state index in [2.05, 4.69) is 10.2 Å². The zero-order valence-electron chi connectivity index (χ0n) is 5.82. The predicted octanol–water partition coefficient (Wildman–Crippen LogP) is 1.75. The molecule has 0 N–H and O–H groups in total. The van der Waals surface area contributed by atoms with E-state index < -0.39 is 0 Å². The third-order valence-electron chi connectivity index (χ3n) is 1.61. The second-order valence-electron chi connectivity index (χ2n) is 2.39. The van der Waals surface area contributed by atoms with Gasteiger partial charge in [0.25, 0.3) is 5.91 Å². The number of nitrogens with zero attached hydrogens (tertiary/aromatic N) is 2. The van der Waals surface area contributed by atoms with E-state index in [-0.39, 0.29) is 5.91 Å². The highest BCUT2D eigenvalue weighted by Gasteiger charge is 2.12. The van der Waals surface area contributed by atoms with Gasteiger partial charge in [-0.25, -0.2) is 0 Å². The van der Waals surface area contributed by atoms with E-state index in [4.69, 9.17) is 0 Å². The minimum atomic E-state index is -0.257. The van der Waals surface area contributed by atoms with Gasteiger partial charge < -0.3 is 0 Å². The van der Waals surface area contributed by atoms with Crippen molar-refractivity contribution in [2.45, 2.75) is 6.42 Å². The third-order valence-corrected chi connectivity index (χ3v) is 1.61. The number of amides is 1. The molecule has 1 heterocycles. The standard InChI is InChI=1S/C8H6N2O/c11-8-5-6-3-1-2-4-7(6)9-10-8/h1-2,4-5H,3H2. The van der Waals surface area contributed by atoms with Crippen molar-refractivity contribution in [2.24, 2.45) is 10.2 Å². The van der Waals surface area contributed by atoms with Crippen LogP contribution in [0.3, 0.4) is 0 Å². The second-order valence-corrected chi connectivity index (χ2v) is 2.39. The van der Waals surface area contributed by atoms with Crippen LogP contribution in [0.5, 0.6) is 0 Å². The van der Waals surface area contributed by atoms with Crippen LogP contribution in [0.1, 0.15) is 6.42 Å². The van der Waals surface area contributed by atoms with Crippen LogP contribution in [-0.2, 0) is 4.79 Å². The van der Waals surface area contributed by atoms with Crippen molar-refractivity contribution in [1.82, 2.24) is 0 Å². The first-order chi connectivity index (χ1) is 5.36. The molecule has 1 amide bonds. The number of hydrogen-bond donors (Lipinski definition) is 0. The van der Waals surface area contributed by atoms with Crippen LogP contribution >= 0.6 is 0 Å². The second kappa shape index (κ2) is 2.27. The average Bonchev–Trinajstić information content (AvgIpc) is 2.04. The highest BCUT2D eigenvalue weighted by molar-refractivity contribution is 5.90. The molecule has 3 heteroatoms. The number of rotatable bonds is 0. The van der Waals surface area contributed by atoms with Crippen LogP contribution in [0.25, 0.3) is 0 Å². The summed E-state index contributed by atoms with van der Waals surface area (Å²) in [6.45, 7) is 0. The minimum Gasteiger partial charge on any atom is -0.266 e. The minimum absolute atomic E-state index is 0.257. The van der Waals surface area contributed by atoms with Gasteiger partial charge in [0.05, 0.1) is 5.70 Å². The molecule has 2 rings (SSSR count). The van der Waals surface area contributed by atoms with Crippen molar-refractivity contribution in [1.29, 1.82) is 0 Å². The Morgan fingerprint density at radius 2 is 2.27 bits per heavy atom. The molecule has 0 radical (unpaired) electrons. The van der Waals surface area contributed by atoms with Gasteiger partial charge in [-0.1, -0.05) is 12.2 Å². The highest BCUT2D eigenvalue weighted by Crippen LogP contribution is 2.23. The van der Waals surface area contributed by atoms with Gasteiger partial charge in [-0.05, 0) is 18.1 Å². The van der Waals surface area contributed by atoms with Crippen LogP contribution in [0.15, 0.2) is 45.8 Å². The zero-order chi connectivity index (χ0) is 7.68. The summed E-state index contributed by atoms with van der Waals surface area (Å²) in [6, 6.07) is 0. The first-order valence-electron chi connectivity index (χ1n) is 3.40. The molecule has 0 saturated heterocycles. The third kappa shape index (κ3) is 1.05. The van der Waals surface area contributed by atoms with Crippen LogP contribution in [0, 0.1) is 0 Å². The van der Waals surface area contributed by atoms with Crippen molar-refractivity contribution in [3.8, 4) is 0 Å². The Bertz CT molecular complexity index is 321. The molecule has 1 aliphatic heterocycles. The number of allylic oxidation sites excluding steroid dienone is 4. The molecule has 54 valence electrons. The van der Waals surface area contributed by atoms with Crippen molar-refractivity contribution >= 4 is 5.91 Å². The van der Waals surface area contributed by atoms with Crippen LogP contribution in [0.4, 0.5) is 0 Å². The molecule has 1 aliphatic carbocycles. The molecule has 2 aliphatic rings. The lowest BCUT2D eigenvalue weighted by Gasteiger charge is -2.09. The number of azo groups is 1. The summed E-state index contributed by atoms with van der Waals surface area (Å²) < 4.78 is 0. The number of fused-ring (bicyclic) bond motifs is 1. The number of hydrogen-bond acceptors (Lipinski definition) is 2. The van der Waals surface area contributed by atoms with Gasteiger partial charge in [-0.15, -0.1) is 10.2 Å².